The van der Waals surface area contributed by atoms with Gasteiger partial charge in [0.1, 0.15) is 5.82 Å². The summed E-state index contributed by atoms with van der Waals surface area (Å²) in [5.74, 6) is 6.31. The number of nitrogens with zero attached hydrogens (tertiary/aromatic N) is 3. The number of rotatable bonds is 4. The van der Waals surface area contributed by atoms with E-state index in [4.69, 9.17) is 0 Å². The maximum absolute atomic E-state index is 12.1. The van der Waals surface area contributed by atoms with Gasteiger partial charge in [0, 0.05) is 13.6 Å². The van der Waals surface area contributed by atoms with Crippen LogP contribution < -0.4 is 16.6 Å². The van der Waals surface area contributed by atoms with E-state index >= 15 is 0 Å². The highest BCUT2D eigenvalue weighted by molar-refractivity contribution is 5.73. The van der Waals surface area contributed by atoms with Crippen LogP contribution >= 0.6 is 0 Å². The maximum Gasteiger partial charge on any atom is 0.329 e. The minimum atomic E-state index is -0.482. The summed E-state index contributed by atoms with van der Waals surface area (Å²) in [6, 6.07) is 0. The average Bonchev–Trinajstić information content (AvgIpc) is 2.82. The number of imidazole rings is 1. The van der Waals surface area contributed by atoms with Crippen LogP contribution in [0.25, 0.3) is 17.2 Å². The van der Waals surface area contributed by atoms with E-state index in [9.17, 15) is 9.59 Å². The molecule has 0 amide bonds. The summed E-state index contributed by atoms with van der Waals surface area (Å²) in [5.41, 5.74) is -0.231. The predicted molar refractivity (Wildman–Crippen MR) is 82.0 cm³/mol. The lowest BCUT2D eigenvalue weighted by Crippen LogP contribution is -2.29. The molecule has 0 spiro atoms. The summed E-state index contributed by atoms with van der Waals surface area (Å²) >= 11 is 0. The Kier molecular flexibility index (Phi) is 4.40. The zero-order valence-electron chi connectivity index (χ0n) is 12.2. The van der Waals surface area contributed by atoms with Crippen molar-refractivity contribution in [3.05, 3.63) is 32.7 Å². The second-order valence-electron chi connectivity index (χ2n) is 4.43. The van der Waals surface area contributed by atoms with Crippen LogP contribution in [0.5, 0.6) is 0 Å². The van der Waals surface area contributed by atoms with Crippen molar-refractivity contribution in [2.45, 2.75) is 13.5 Å². The SMILES string of the molecule is CC#CCn1c(C=CCNC)nc2c1c(=O)[nH]c(=O)n2C. The van der Waals surface area contributed by atoms with Crippen LogP contribution in [-0.4, -0.2) is 32.7 Å². The molecular formula is C14H17N5O2. The van der Waals surface area contributed by atoms with Gasteiger partial charge in [-0.1, -0.05) is 12.0 Å². The normalized spacial score (nSPS) is 11.0. The van der Waals surface area contributed by atoms with Crippen LogP contribution in [0, 0.1) is 11.8 Å². The third-order valence-corrected chi connectivity index (χ3v) is 3.04. The molecular weight excluding hydrogens is 270 g/mol. The Morgan fingerprint density at radius 3 is 2.86 bits per heavy atom. The smallest absolute Gasteiger partial charge is 0.316 e. The second kappa shape index (κ2) is 6.24. The van der Waals surface area contributed by atoms with Crippen molar-refractivity contribution in [2.24, 2.45) is 7.05 Å². The number of aromatic nitrogens is 4. The summed E-state index contributed by atoms with van der Waals surface area (Å²) in [7, 11) is 3.41. The lowest BCUT2D eigenvalue weighted by Gasteiger charge is -2.01. The van der Waals surface area contributed by atoms with E-state index in [1.54, 1.807) is 24.6 Å². The minimum Gasteiger partial charge on any atom is -0.316 e. The molecule has 0 aliphatic rings. The van der Waals surface area contributed by atoms with Gasteiger partial charge in [0.15, 0.2) is 11.2 Å². The van der Waals surface area contributed by atoms with Gasteiger partial charge in [-0.2, -0.15) is 0 Å². The van der Waals surface area contributed by atoms with Gasteiger partial charge in [0.25, 0.3) is 5.56 Å². The summed E-state index contributed by atoms with van der Waals surface area (Å²) in [6.07, 6.45) is 3.70. The molecule has 2 heterocycles. The Morgan fingerprint density at radius 2 is 2.19 bits per heavy atom. The number of hydrogen-bond donors (Lipinski definition) is 2. The van der Waals surface area contributed by atoms with Crippen molar-refractivity contribution < 1.29 is 0 Å². The number of likely N-dealkylation sites (N-methyl/N-ethyl adjacent to an activating group) is 1. The number of nitrogens with one attached hydrogen (secondary N) is 2. The van der Waals surface area contributed by atoms with Crippen LogP contribution in [-0.2, 0) is 13.6 Å². The van der Waals surface area contributed by atoms with Crippen molar-refractivity contribution in [2.75, 3.05) is 13.6 Å². The number of H-pyrrole nitrogens is 1. The topological polar surface area (TPSA) is 84.7 Å². The second-order valence-corrected chi connectivity index (χ2v) is 4.43. The summed E-state index contributed by atoms with van der Waals surface area (Å²) in [4.78, 5) is 30.4. The first-order chi connectivity index (χ1) is 10.1. The molecule has 0 fully saturated rings. The zero-order valence-corrected chi connectivity index (χ0v) is 12.2. The van der Waals surface area contributed by atoms with Crippen LogP contribution in [0.4, 0.5) is 0 Å². The van der Waals surface area contributed by atoms with Crippen LogP contribution in [0.1, 0.15) is 12.7 Å². The molecule has 0 saturated heterocycles. The van der Waals surface area contributed by atoms with Crippen LogP contribution in [0.3, 0.4) is 0 Å². The monoisotopic (exact) mass is 287 g/mol. The molecule has 0 radical (unpaired) electrons. The molecule has 0 aromatic carbocycles. The van der Waals surface area contributed by atoms with Crippen molar-refractivity contribution in [3.8, 4) is 11.8 Å². The summed E-state index contributed by atoms with van der Waals surface area (Å²) in [6.45, 7) is 2.75. The standard InChI is InChI=1S/C14H17N5O2/c1-4-5-9-19-10(7-6-8-15-2)16-12-11(19)13(20)17-14(21)18(12)3/h6-7,15H,8-9H2,1-3H3,(H,17,20,21). The molecule has 2 aromatic heterocycles. The lowest BCUT2D eigenvalue weighted by atomic mass is 10.4. The fourth-order valence-corrected chi connectivity index (χ4v) is 1.98. The molecule has 2 aromatic rings. The Balaban J connectivity index is 2.74. The van der Waals surface area contributed by atoms with Crippen LogP contribution in [0.15, 0.2) is 15.7 Å². The first kappa shape index (κ1) is 14.8. The predicted octanol–water partition coefficient (Wildman–Crippen LogP) is -0.321. The molecule has 7 nitrogen and oxygen atoms in total. The molecule has 21 heavy (non-hydrogen) atoms. The third kappa shape index (κ3) is 2.80. The van der Waals surface area contributed by atoms with E-state index in [1.165, 1.54) is 4.57 Å². The van der Waals surface area contributed by atoms with E-state index in [-0.39, 0.29) is 0 Å². The third-order valence-electron chi connectivity index (χ3n) is 3.04. The first-order valence-corrected chi connectivity index (χ1v) is 6.50. The van der Waals surface area contributed by atoms with Crippen molar-refractivity contribution >= 4 is 17.2 Å². The van der Waals surface area contributed by atoms with Gasteiger partial charge in [-0.3, -0.25) is 14.3 Å². The van der Waals surface area contributed by atoms with Crippen LogP contribution in [0.2, 0.25) is 0 Å². The minimum absolute atomic E-state index is 0.341. The van der Waals surface area contributed by atoms with E-state index in [0.717, 1.165) is 0 Å². The summed E-state index contributed by atoms with van der Waals surface area (Å²) < 4.78 is 3.03. The number of aromatic amines is 1. The Hall–Kier alpha value is -2.59. The maximum atomic E-state index is 12.1. The number of fused-ring (bicyclic) bond motifs is 1. The van der Waals surface area contributed by atoms with Gasteiger partial charge in [0.05, 0.1) is 6.54 Å². The summed E-state index contributed by atoms with van der Waals surface area (Å²) in [5, 5.41) is 2.99. The Bertz CT molecular complexity index is 858. The lowest BCUT2D eigenvalue weighted by molar-refractivity contribution is 0.821. The van der Waals surface area contributed by atoms with Gasteiger partial charge in [-0.05, 0) is 20.0 Å². The van der Waals surface area contributed by atoms with Gasteiger partial charge < -0.3 is 9.88 Å². The molecule has 0 aliphatic heterocycles. The molecule has 7 heteroatoms. The molecule has 110 valence electrons. The number of aryl methyl sites for hydroxylation is 1. The molecule has 0 bridgehead atoms. The molecule has 2 N–H and O–H groups in total. The fraction of sp³-hybridized carbons (Fsp3) is 0.357. The molecule has 0 atom stereocenters. The fourth-order valence-electron chi connectivity index (χ4n) is 1.98. The Labute approximate surface area is 121 Å². The number of hydrogen-bond acceptors (Lipinski definition) is 4. The van der Waals surface area contributed by atoms with Crippen molar-refractivity contribution in [1.29, 1.82) is 0 Å². The van der Waals surface area contributed by atoms with E-state index in [2.05, 4.69) is 27.1 Å². The zero-order chi connectivity index (χ0) is 15.4. The van der Waals surface area contributed by atoms with E-state index < -0.39 is 11.2 Å². The first-order valence-electron chi connectivity index (χ1n) is 6.50. The van der Waals surface area contributed by atoms with Crippen molar-refractivity contribution in [3.63, 3.8) is 0 Å². The van der Waals surface area contributed by atoms with E-state index in [1.807, 2.05) is 13.1 Å². The van der Waals surface area contributed by atoms with Gasteiger partial charge in [-0.25, -0.2) is 9.78 Å². The highest BCUT2D eigenvalue weighted by Gasteiger charge is 2.14. The highest BCUT2D eigenvalue weighted by Crippen LogP contribution is 2.11. The van der Waals surface area contributed by atoms with Gasteiger partial charge in [0.2, 0.25) is 0 Å². The highest BCUT2D eigenvalue weighted by atomic mass is 16.2. The average molecular weight is 287 g/mol. The van der Waals surface area contributed by atoms with Gasteiger partial charge in [-0.15, -0.1) is 5.92 Å². The Morgan fingerprint density at radius 1 is 1.43 bits per heavy atom. The molecule has 0 aliphatic carbocycles. The largest absolute Gasteiger partial charge is 0.329 e. The molecule has 2 rings (SSSR count). The van der Waals surface area contributed by atoms with Crippen molar-refractivity contribution in [1.82, 2.24) is 24.4 Å². The molecule has 0 saturated carbocycles. The molecule has 0 unspecified atom stereocenters. The van der Waals surface area contributed by atoms with E-state index in [0.29, 0.717) is 30.1 Å². The van der Waals surface area contributed by atoms with Gasteiger partial charge >= 0.3 is 5.69 Å². The quantitative estimate of drug-likeness (QED) is 0.755.